The number of aryl methyl sites for hydroxylation is 1. The average molecular weight is 432 g/mol. The lowest BCUT2D eigenvalue weighted by Gasteiger charge is -2.20. The zero-order chi connectivity index (χ0) is 22.4. The molecular formula is C26H25NO3S. The van der Waals surface area contributed by atoms with Gasteiger partial charge >= 0.3 is 0 Å². The van der Waals surface area contributed by atoms with Gasteiger partial charge < -0.3 is 0 Å². The number of carbonyl (C=O) groups excluding carboxylic acids is 1. The Kier molecular flexibility index (Phi) is 7.03. The van der Waals surface area contributed by atoms with E-state index >= 15 is 0 Å². The Morgan fingerprint density at radius 3 is 1.84 bits per heavy atom. The summed E-state index contributed by atoms with van der Waals surface area (Å²) in [6, 6.07) is 23.3. The maximum atomic E-state index is 13.5. The summed E-state index contributed by atoms with van der Waals surface area (Å²) >= 11 is 0. The number of hydrogen-bond acceptors (Lipinski definition) is 3. The molecule has 4 nitrogen and oxygen atoms in total. The molecule has 31 heavy (non-hydrogen) atoms. The summed E-state index contributed by atoms with van der Waals surface area (Å²) in [7, 11) is -3.96. The summed E-state index contributed by atoms with van der Waals surface area (Å²) in [6.45, 7) is 5.61. The third-order valence-electron chi connectivity index (χ3n) is 4.68. The fourth-order valence-electron chi connectivity index (χ4n) is 3.15. The molecule has 0 spiro atoms. The highest BCUT2D eigenvalue weighted by atomic mass is 32.2. The minimum Gasteiger partial charge on any atom is -0.292 e. The van der Waals surface area contributed by atoms with Gasteiger partial charge in [-0.2, -0.15) is 4.72 Å². The largest absolute Gasteiger partial charge is 0.292 e. The van der Waals surface area contributed by atoms with Gasteiger partial charge in [0.05, 0.1) is 4.90 Å². The summed E-state index contributed by atoms with van der Waals surface area (Å²) in [5.41, 5.74) is 6.62. The molecule has 0 aliphatic carbocycles. The SMILES string of the molecule is CC(C)=C=C(c1ccccc1)[C@@H](NS(=O)(=O)c1ccc(C)cc1)C(=O)c1ccccc1. The molecule has 0 heterocycles. The predicted octanol–water partition coefficient (Wildman–Crippen LogP) is 5.17. The summed E-state index contributed by atoms with van der Waals surface area (Å²) < 4.78 is 29.0. The van der Waals surface area contributed by atoms with Crippen LogP contribution in [0.2, 0.25) is 0 Å². The minimum absolute atomic E-state index is 0.105. The molecular weight excluding hydrogens is 406 g/mol. The van der Waals surface area contributed by atoms with E-state index in [1.165, 1.54) is 12.1 Å². The van der Waals surface area contributed by atoms with Crippen LogP contribution >= 0.6 is 0 Å². The van der Waals surface area contributed by atoms with Crippen molar-refractivity contribution < 1.29 is 13.2 Å². The first-order valence-corrected chi connectivity index (χ1v) is 11.4. The molecule has 0 aliphatic rings. The highest BCUT2D eigenvalue weighted by molar-refractivity contribution is 7.89. The Morgan fingerprint density at radius 1 is 0.806 bits per heavy atom. The molecule has 0 saturated heterocycles. The molecule has 0 amide bonds. The number of ketones is 1. The lowest BCUT2D eigenvalue weighted by Crippen LogP contribution is -2.41. The number of carbonyl (C=O) groups is 1. The van der Waals surface area contributed by atoms with Crippen LogP contribution in [0, 0.1) is 6.92 Å². The van der Waals surface area contributed by atoms with Crippen LogP contribution in [-0.4, -0.2) is 20.2 Å². The quantitative estimate of drug-likeness (QED) is 0.414. The number of sulfonamides is 1. The highest BCUT2D eigenvalue weighted by Crippen LogP contribution is 2.23. The van der Waals surface area contributed by atoms with Crippen LogP contribution in [-0.2, 0) is 10.0 Å². The van der Waals surface area contributed by atoms with Crippen molar-refractivity contribution in [3.63, 3.8) is 0 Å². The molecule has 0 saturated carbocycles. The second kappa shape index (κ2) is 9.71. The summed E-state index contributed by atoms with van der Waals surface area (Å²) in [6.07, 6.45) is 0. The smallest absolute Gasteiger partial charge is 0.241 e. The van der Waals surface area contributed by atoms with Gasteiger partial charge in [-0.05, 0) is 44.0 Å². The Hall–Kier alpha value is -3.24. The van der Waals surface area contributed by atoms with Crippen molar-refractivity contribution in [2.45, 2.75) is 31.7 Å². The van der Waals surface area contributed by atoms with Crippen molar-refractivity contribution in [1.82, 2.24) is 4.72 Å². The number of hydrogen-bond donors (Lipinski definition) is 1. The molecule has 3 rings (SSSR count). The van der Waals surface area contributed by atoms with Gasteiger partial charge in [-0.25, -0.2) is 8.42 Å². The molecule has 1 N–H and O–H groups in total. The zero-order valence-electron chi connectivity index (χ0n) is 17.8. The summed E-state index contributed by atoms with van der Waals surface area (Å²) in [5.74, 6) is -0.344. The van der Waals surface area contributed by atoms with Crippen LogP contribution in [0.25, 0.3) is 5.57 Å². The van der Waals surface area contributed by atoms with Crippen molar-refractivity contribution in [2.24, 2.45) is 0 Å². The van der Waals surface area contributed by atoms with Crippen LogP contribution in [0.1, 0.15) is 35.3 Å². The Balaban J connectivity index is 2.16. The molecule has 3 aromatic carbocycles. The second-order valence-electron chi connectivity index (χ2n) is 7.50. The fraction of sp³-hybridized carbons (Fsp3) is 0.154. The first-order chi connectivity index (χ1) is 14.8. The molecule has 0 radical (unpaired) electrons. The first-order valence-electron chi connectivity index (χ1n) is 9.95. The van der Waals surface area contributed by atoms with Gasteiger partial charge in [-0.3, -0.25) is 4.79 Å². The van der Waals surface area contributed by atoms with E-state index in [0.29, 0.717) is 11.1 Å². The number of Topliss-reactive ketones (excluding diaryl/α,β-unsaturated/α-hetero) is 1. The van der Waals surface area contributed by atoms with Crippen LogP contribution in [0.4, 0.5) is 0 Å². The third kappa shape index (κ3) is 5.68. The van der Waals surface area contributed by atoms with Gasteiger partial charge in [0.25, 0.3) is 0 Å². The summed E-state index contributed by atoms with van der Waals surface area (Å²) in [4.78, 5) is 13.6. The van der Waals surface area contributed by atoms with Gasteiger partial charge in [0.15, 0.2) is 5.78 Å². The van der Waals surface area contributed by atoms with E-state index in [0.717, 1.165) is 16.7 Å². The second-order valence-corrected chi connectivity index (χ2v) is 9.22. The van der Waals surface area contributed by atoms with Gasteiger partial charge in [0.1, 0.15) is 6.04 Å². The number of benzene rings is 3. The molecule has 0 aliphatic heterocycles. The maximum Gasteiger partial charge on any atom is 0.241 e. The van der Waals surface area contributed by atoms with Gasteiger partial charge in [-0.15, -0.1) is 5.73 Å². The summed E-state index contributed by atoms with van der Waals surface area (Å²) in [5, 5.41) is 0. The highest BCUT2D eigenvalue weighted by Gasteiger charge is 2.30. The maximum absolute atomic E-state index is 13.5. The van der Waals surface area contributed by atoms with Crippen molar-refractivity contribution in [3.8, 4) is 0 Å². The fourth-order valence-corrected chi connectivity index (χ4v) is 4.32. The van der Waals surface area contributed by atoms with Crippen LogP contribution in [0.15, 0.2) is 101 Å². The zero-order valence-corrected chi connectivity index (χ0v) is 18.6. The molecule has 5 heteroatoms. The van der Waals surface area contributed by atoms with E-state index < -0.39 is 16.1 Å². The van der Waals surface area contributed by atoms with E-state index in [4.69, 9.17) is 0 Å². The van der Waals surface area contributed by atoms with E-state index in [2.05, 4.69) is 10.5 Å². The topological polar surface area (TPSA) is 63.2 Å². The molecule has 0 fully saturated rings. The lowest BCUT2D eigenvalue weighted by atomic mass is 9.93. The van der Waals surface area contributed by atoms with E-state index in [1.54, 1.807) is 36.4 Å². The van der Waals surface area contributed by atoms with Crippen LogP contribution in [0.3, 0.4) is 0 Å². The van der Waals surface area contributed by atoms with Crippen LogP contribution in [0.5, 0.6) is 0 Å². The first kappa shape index (κ1) is 22.4. The Morgan fingerprint density at radius 2 is 1.32 bits per heavy atom. The Bertz CT molecular complexity index is 1220. The normalized spacial score (nSPS) is 12.0. The van der Waals surface area contributed by atoms with E-state index in [9.17, 15) is 13.2 Å². The molecule has 158 valence electrons. The van der Waals surface area contributed by atoms with E-state index in [-0.39, 0.29) is 10.7 Å². The van der Waals surface area contributed by atoms with Gasteiger partial charge in [-0.1, -0.05) is 78.4 Å². The minimum atomic E-state index is -3.96. The van der Waals surface area contributed by atoms with Crippen molar-refractivity contribution >= 4 is 21.4 Å². The molecule has 1 atom stereocenters. The molecule has 0 bridgehead atoms. The lowest BCUT2D eigenvalue weighted by molar-refractivity contribution is 0.0975. The molecule has 3 aromatic rings. The van der Waals surface area contributed by atoms with Crippen molar-refractivity contribution in [3.05, 3.63) is 113 Å². The van der Waals surface area contributed by atoms with E-state index in [1.807, 2.05) is 57.2 Å². The molecule has 0 aromatic heterocycles. The third-order valence-corrected chi connectivity index (χ3v) is 6.12. The average Bonchev–Trinajstić information content (AvgIpc) is 2.77. The standard InChI is InChI=1S/C26H25NO3S/c1-19(2)18-24(21-10-6-4-7-11-21)25(26(28)22-12-8-5-9-13-22)27-31(29,30)23-16-14-20(3)15-17-23/h4-17,25,27H,1-3H3/t25-/m1/s1. The van der Waals surface area contributed by atoms with Gasteiger partial charge in [0.2, 0.25) is 10.0 Å². The number of rotatable bonds is 7. The van der Waals surface area contributed by atoms with Crippen molar-refractivity contribution in [1.29, 1.82) is 0 Å². The van der Waals surface area contributed by atoms with Crippen molar-refractivity contribution in [2.75, 3.05) is 0 Å². The van der Waals surface area contributed by atoms with Crippen LogP contribution < -0.4 is 4.72 Å². The molecule has 0 unspecified atom stereocenters. The predicted molar refractivity (Wildman–Crippen MR) is 124 cm³/mol. The van der Waals surface area contributed by atoms with Gasteiger partial charge in [0, 0.05) is 11.1 Å². The monoisotopic (exact) mass is 431 g/mol. The Labute approximate surface area is 184 Å². The number of nitrogens with one attached hydrogen (secondary N) is 1.